The number of carbonyl (C=O) groups excluding carboxylic acids is 1. The Kier molecular flexibility index (Phi) is 4.95. The van der Waals surface area contributed by atoms with Crippen LogP contribution in [0.25, 0.3) is 16.8 Å². The molecule has 0 aliphatic heterocycles. The predicted molar refractivity (Wildman–Crippen MR) is 97.6 cm³/mol. The van der Waals surface area contributed by atoms with Gasteiger partial charge in [0, 0.05) is 5.69 Å². The van der Waals surface area contributed by atoms with E-state index in [4.69, 9.17) is 0 Å². The molecule has 0 saturated heterocycles. The number of alkyl halides is 3. The van der Waals surface area contributed by atoms with Gasteiger partial charge in [0.1, 0.15) is 11.6 Å². The van der Waals surface area contributed by atoms with Crippen LogP contribution in [0.3, 0.4) is 0 Å². The fraction of sp³-hybridized carbons (Fsp3) is 0.0476. The van der Waals surface area contributed by atoms with Crippen molar-refractivity contribution >= 4 is 28.4 Å². The highest BCUT2D eigenvalue weighted by Crippen LogP contribution is 2.30. The topological polar surface area (TPSA) is 52.9 Å². The molecule has 6 heteroatoms. The molecule has 0 bridgehead atoms. The zero-order valence-electron chi connectivity index (χ0n) is 13.9. The number of rotatable bonds is 3. The quantitative estimate of drug-likeness (QED) is 0.498. The fourth-order valence-corrected chi connectivity index (χ4v) is 2.65. The van der Waals surface area contributed by atoms with Crippen molar-refractivity contribution in [1.82, 2.24) is 0 Å². The predicted octanol–water partition coefficient (Wildman–Crippen LogP) is 5.40. The van der Waals surface area contributed by atoms with Crippen molar-refractivity contribution in [3.05, 3.63) is 83.4 Å². The molecule has 0 fully saturated rings. The Morgan fingerprint density at radius 1 is 1.00 bits per heavy atom. The average molecular weight is 366 g/mol. The van der Waals surface area contributed by atoms with E-state index in [0.29, 0.717) is 5.56 Å². The number of nitrogens with one attached hydrogen (secondary N) is 1. The molecule has 3 rings (SSSR count). The van der Waals surface area contributed by atoms with Crippen LogP contribution < -0.4 is 5.32 Å². The first kappa shape index (κ1) is 18.2. The maximum absolute atomic E-state index is 12.8. The highest BCUT2D eigenvalue weighted by atomic mass is 19.4. The summed E-state index contributed by atoms with van der Waals surface area (Å²) in [6.45, 7) is 0. The molecule has 0 heterocycles. The van der Waals surface area contributed by atoms with Gasteiger partial charge in [0.05, 0.1) is 5.56 Å². The number of nitriles is 1. The molecular formula is C21H13F3N2O. The Balaban J connectivity index is 1.91. The zero-order chi connectivity index (χ0) is 19.4. The summed E-state index contributed by atoms with van der Waals surface area (Å²) in [4.78, 5) is 12.4. The number of halogens is 3. The van der Waals surface area contributed by atoms with Gasteiger partial charge in [-0.15, -0.1) is 0 Å². The van der Waals surface area contributed by atoms with Crippen LogP contribution in [0.4, 0.5) is 18.9 Å². The molecule has 3 nitrogen and oxygen atoms in total. The third kappa shape index (κ3) is 4.15. The smallest absolute Gasteiger partial charge is 0.321 e. The van der Waals surface area contributed by atoms with E-state index >= 15 is 0 Å². The number of benzene rings is 3. The Morgan fingerprint density at radius 3 is 2.44 bits per heavy atom. The molecule has 0 atom stereocenters. The number of hydrogen-bond donors (Lipinski definition) is 1. The van der Waals surface area contributed by atoms with E-state index in [2.05, 4.69) is 5.32 Å². The minimum absolute atomic E-state index is 0.0334. The molecule has 0 aliphatic carbocycles. The highest BCUT2D eigenvalue weighted by Gasteiger charge is 2.30. The first-order valence-electron chi connectivity index (χ1n) is 7.96. The summed E-state index contributed by atoms with van der Waals surface area (Å²) < 4.78 is 38.4. The second-order valence-electron chi connectivity index (χ2n) is 5.77. The minimum Gasteiger partial charge on any atom is -0.321 e. The Hall–Kier alpha value is -3.59. The van der Waals surface area contributed by atoms with Crippen molar-refractivity contribution in [3.63, 3.8) is 0 Å². The normalized spacial score (nSPS) is 11.9. The molecule has 1 N–H and O–H groups in total. The maximum Gasteiger partial charge on any atom is 0.416 e. The number of anilines is 1. The molecule has 0 radical (unpaired) electrons. The minimum atomic E-state index is -4.52. The lowest BCUT2D eigenvalue weighted by atomic mass is 10.0. The summed E-state index contributed by atoms with van der Waals surface area (Å²) >= 11 is 0. The van der Waals surface area contributed by atoms with Crippen LogP contribution in [0.2, 0.25) is 0 Å². The molecule has 0 unspecified atom stereocenters. The average Bonchev–Trinajstić information content (AvgIpc) is 2.65. The lowest BCUT2D eigenvalue weighted by molar-refractivity contribution is -0.137. The van der Waals surface area contributed by atoms with E-state index in [1.165, 1.54) is 18.2 Å². The van der Waals surface area contributed by atoms with Gasteiger partial charge in [-0.2, -0.15) is 18.4 Å². The molecular weight excluding hydrogens is 353 g/mol. The Morgan fingerprint density at radius 2 is 1.70 bits per heavy atom. The van der Waals surface area contributed by atoms with Crippen molar-refractivity contribution < 1.29 is 18.0 Å². The third-order valence-electron chi connectivity index (χ3n) is 3.94. The Bertz CT molecular complexity index is 1070. The second-order valence-corrected chi connectivity index (χ2v) is 5.77. The SMILES string of the molecule is N#CC(=Cc1cccc2ccccc12)C(=O)Nc1cccc(C(F)(F)F)c1. The first-order chi connectivity index (χ1) is 12.9. The van der Waals surface area contributed by atoms with E-state index in [0.717, 1.165) is 22.9 Å². The molecule has 134 valence electrons. The van der Waals surface area contributed by atoms with Crippen molar-refractivity contribution in [2.75, 3.05) is 5.32 Å². The van der Waals surface area contributed by atoms with Gasteiger partial charge in [-0.1, -0.05) is 48.5 Å². The van der Waals surface area contributed by atoms with Gasteiger partial charge in [-0.05, 0) is 40.6 Å². The lowest BCUT2D eigenvalue weighted by Crippen LogP contribution is -2.14. The summed E-state index contributed by atoms with van der Waals surface area (Å²) in [6, 6.07) is 19.0. The molecule has 0 saturated carbocycles. The van der Waals surface area contributed by atoms with Gasteiger partial charge in [0.25, 0.3) is 5.91 Å². The maximum atomic E-state index is 12.8. The van der Waals surface area contributed by atoms with Gasteiger partial charge >= 0.3 is 6.18 Å². The largest absolute Gasteiger partial charge is 0.416 e. The van der Waals surface area contributed by atoms with Crippen LogP contribution >= 0.6 is 0 Å². The molecule has 1 amide bonds. The van der Waals surface area contributed by atoms with Crippen molar-refractivity contribution in [1.29, 1.82) is 5.26 Å². The van der Waals surface area contributed by atoms with Crippen LogP contribution in [0, 0.1) is 11.3 Å². The number of nitrogens with zero attached hydrogens (tertiary/aromatic N) is 1. The first-order valence-corrected chi connectivity index (χ1v) is 7.96. The zero-order valence-corrected chi connectivity index (χ0v) is 13.9. The van der Waals surface area contributed by atoms with Crippen LogP contribution in [0.15, 0.2) is 72.3 Å². The van der Waals surface area contributed by atoms with Crippen LogP contribution in [0.1, 0.15) is 11.1 Å². The van der Waals surface area contributed by atoms with Crippen molar-refractivity contribution in [2.45, 2.75) is 6.18 Å². The van der Waals surface area contributed by atoms with E-state index in [9.17, 15) is 23.2 Å². The van der Waals surface area contributed by atoms with Gasteiger partial charge in [-0.3, -0.25) is 4.79 Å². The summed E-state index contributed by atoms with van der Waals surface area (Å²) in [5.74, 6) is -0.773. The number of amides is 1. The summed E-state index contributed by atoms with van der Waals surface area (Å²) in [5, 5.41) is 13.5. The molecule has 0 aliphatic rings. The summed E-state index contributed by atoms with van der Waals surface area (Å²) in [6.07, 6.45) is -3.09. The van der Waals surface area contributed by atoms with Crippen LogP contribution in [-0.4, -0.2) is 5.91 Å². The second kappa shape index (κ2) is 7.34. The number of hydrogen-bond acceptors (Lipinski definition) is 2. The third-order valence-corrected chi connectivity index (χ3v) is 3.94. The summed E-state index contributed by atoms with van der Waals surface area (Å²) in [5.41, 5.74) is -0.446. The van der Waals surface area contributed by atoms with Crippen molar-refractivity contribution in [2.24, 2.45) is 0 Å². The fourth-order valence-electron chi connectivity index (χ4n) is 2.65. The molecule has 0 aromatic heterocycles. The van der Waals surface area contributed by atoms with Gasteiger partial charge < -0.3 is 5.32 Å². The standard InChI is InChI=1S/C21H13F3N2O/c22-21(23,24)17-8-4-9-18(12-17)26-20(27)16(13-25)11-15-7-3-6-14-5-1-2-10-19(14)15/h1-12H,(H,26,27). The van der Waals surface area contributed by atoms with E-state index in [-0.39, 0.29) is 11.3 Å². The molecule has 3 aromatic carbocycles. The van der Waals surface area contributed by atoms with Gasteiger partial charge in [0.15, 0.2) is 0 Å². The van der Waals surface area contributed by atoms with Crippen molar-refractivity contribution in [3.8, 4) is 6.07 Å². The molecule has 0 spiro atoms. The van der Waals surface area contributed by atoms with E-state index < -0.39 is 17.6 Å². The van der Waals surface area contributed by atoms with E-state index in [1.807, 2.05) is 30.3 Å². The summed E-state index contributed by atoms with van der Waals surface area (Å²) in [7, 11) is 0. The molecule has 3 aromatic rings. The number of fused-ring (bicyclic) bond motifs is 1. The molecule has 27 heavy (non-hydrogen) atoms. The number of carbonyl (C=O) groups is 1. The van der Waals surface area contributed by atoms with Crippen LogP contribution in [-0.2, 0) is 11.0 Å². The Labute approximate surface area is 153 Å². The highest BCUT2D eigenvalue weighted by molar-refractivity contribution is 6.10. The van der Waals surface area contributed by atoms with Gasteiger partial charge in [-0.25, -0.2) is 0 Å². The lowest BCUT2D eigenvalue weighted by Gasteiger charge is -2.09. The van der Waals surface area contributed by atoms with Gasteiger partial charge in [0.2, 0.25) is 0 Å². The van der Waals surface area contributed by atoms with E-state index in [1.54, 1.807) is 18.2 Å². The van der Waals surface area contributed by atoms with Crippen LogP contribution in [0.5, 0.6) is 0 Å². The monoisotopic (exact) mass is 366 g/mol.